The molecule has 0 aliphatic heterocycles. The molecule has 1 aromatic heterocycles. The van der Waals surface area contributed by atoms with Crippen LogP contribution in [0.15, 0.2) is 79.4 Å². The van der Waals surface area contributed by atoms with Crippen LogP contribution in [0.5, 0.6) is 0 Å². The van der Waals surface area contributed by atoms with Crippen LogP contribution in [0, 0.1) is 0 Å². The smallest absolute Gasteiger partial charge is 0.0468 e. The van der Waals surface area contributed by atoms with Crippen LogP contribution in [0.2, 0.25) is 0 Å². The highest BCUT2D eigenvalue weighted by molar-refractivity contribution is 6.11. The average molecular weight is 402 g/mol. The Kier molecular flexibility index (Phi) is 3.38. The van der Waals surface area contributed by atoms with Crippen LogP contribution < -0.4 is 0 Å². The van der Waals surface area contributed by atoms with E-state index in [4.69, 9.17) is 0 Å². The number of H-pyrrole nitrogens is 1. The van der Waals surface area contributed by atoms with Crippen LogP contribution in [0.1, 0.15) is 49.9 Å². The van der Waals surface area contributed by atoms with Crippen LogP contribution in [-0.4, -0.2) is 4.98 Å². The van der Waals surface area contributed by atoms with Gasteiger partial charge in [0.05, 0.1) is 0 Å². The molecule has 4 aromatic rings. The van der Waals surface area contributed by atoms with E-state index in [0.717, 1.165) is 0 Å². The Labute approximate surface area is 183 Å². The number of benzene rings is 3. The molecule has 0 atom stereocenters. The maximum absolute atomic E-state index is 4.11. The molecule has 0 saturated carbocycles. The molecule has 0 fully saturated rings. The minimum atomic E-state index is -0.0746. The summed E-state index contributed by atoms with van der Waals surface area (Å²) in [6.07, 6.45) is 3.98. The molecule has 1 N–H and O–H groups in total. The number of allylic oxidation sites excluding steroid dienone is 4. The van der Waals surface area contributed by atoms with E-state index in [1.807, 2.05) is 12.2 Å². The molecule has 1 nitrogen and oxygen atoms in total. The second-order valence-corrected chi connectivity index (χ2v) is 10.0. The zero-order valence-corrected chi connectivity index (χ0v) is 18.7. The molecule has 0 spiro atoms. The van der Waals surface area contributed by atoms with Gasteiger partial charge < -0.3 is 4.98 Å². The lowest BCUT2D eigenvalue weighted by Gasteiger charge is -2.22. The van der Waals surface area contributed by atoms with Crippen molar-refractivity contribution in [1.29, 1.82) is 0 Å². The summed E-state index contributed by atoms with van der Waals surface area (Å²) in [5.41, 5.74) is 13.0. The lowest BCUT2D eigenvalue weighted by Crippen LogP contribution is -2.15. The summed E-state index contributed by atoms with van der Waals surface area (Å²) >= 11 is 0. The van der Waals surface area contributed by atoms with Crippen molar-refractivity contribution in [3.8, 4) is 11.1 Å². The third kappa shape index (κ3) is 2.11. The van der Waals surface area contributed by atoms with Crippen LogP contribution >= 0.6 is 0 Å². The van der Waals surface area contributed by atoms with Crippen LogP contribution in [0.25, 0.3) is 38.5 Å². The summed E-state index contributed by atoms with van der Waals surface area (Å²) < 4.78 is 0. The van der Waals surface area contributed by atoms with Gasteiger partial charge in [-0.2, -0.15) is 0 Å². The first-order valence-electron chi connectivity index (χ1n) is 11.0. The van der Waals surface area contributed by atoms with Crippen molar-refractivity contribution in [2.75, 3.05) is 0 Å². The summed E-state index contributed by atoms with van der Waals surface area (Å²) in [5, 5.41) is 2.57. The molecule has 152 valence electrons. The molecular weight excluding hydrogens is 374 g/mol. The molecular formula is C30H27N. The second kappa shape index (κ2) is 5.68. The standard InChI is InChI=1S/C30H27N/c1-7-17-19-13-21-22-14-20-18-11-9-10-12-24(18)30(5,6)26(20)16-28(22)31-27(21)15-25(19)29(3,4)23(17)8-2/h7-16,31H,1-2H2,3-6H3. The van der Waals surface area contributed by atoms with Crippen LogP contribution in [-0.2, 0) is 10.8 Å². The molecule has 31 heavy (non-hydrogen) atoms. The largest absolute Gasteiger partial charge is 0.354 e. The fraction of sp³-hybridized carbons (Fsp3) is 0.200. The molecule has 0 saturated heterocycles. The summed E-state index contributed by atoms with van der Waals surface area (Å²) in [7, 11) is 0. The Morgan fingerprint density at radius 1 is 0.677 bits per heavy atom. The van der Waals surface area contributed by atoms with E-state index in [2.05, 4.69) is 94.4 Å². The minimum Gasteiger partial charge on any atom is -0.354 e. The average Bonchev–Trinajstić information content (AvgIpc) is 3.29. The van der Waals surface area contributed by atoms with E-state index in [0.29, 0.717) is 0 Å². The molecule has 1 heteroatoms. The van der Waals surface area contributed by atoms with Gasteiger partial charge in [-0.15, -0.1) is 0 Å². The minimum absolute atomic E-state index is 0.0127. The van der Waals surface area contributed by atoms with Crippen molar-refractivity contribution < 1.29 is 0 Å². The molecule has 0 radical (unpaired) electrons. The van der Waals surface area contributed by atoms with Crippen molar-refractivity contribution in [2.24, 2.45) is 0 Å². The van der Waals surface area contributed by atoms with Gasteiger partial charge in [0.15, 0.2) is 0 Å². The third-order valence-corrected chi connectivity index (χ3v) is 7.77. The number of fused-ring (bicyclic) bond motifs is 7. The molecule has 2 aliphatic carbocycles. The maximum Gasteiger partial charge on any atom is 0.0468 e. The van der Waals surface area contributed by atoms with Gasteiger partial charge in [0, 0.05) is 32.6 Å². The lowest BCUT2D eigenvalue weighted by atomic mass is 9.81. The van der Waals surface area contributed by atoms with Crippen molar-refractivity contribution in [2.45, 2.75) is 38.5 Å². The van der Waals surface area contributed by atoms with Gasteiger partial charge in [-0.3, -0.25) is 0 Å². The Bertz CT molecular complexity index is 1500. The van der Waals surface area contributed by atoms with E-state index in [1.54, 1.807) is 0 Å². The summed E-state index contributed by atoms with van der Waals surface area (Å²) in [6, 6.07) is 18.3. The highest BCUT2D eigenvalue weighted by atomic mass is 14.7. The molecule has 0 unspecified atom stereocenters. The summed E-state index contributed by atoms with van der Waals surface area (Å²) in [4.78, 5) is 3.74. The van der Waals surface area contributed by atoms with E-state index in [-0.39, 0.29) is 10.8 Å². The fourth-order valence-electron chi connectivity index (χ4n) is 6.10. The van der Waals surface area contributed by atoms with Gasteiger partial charge in [-0.25, -0.2) is 0 Å². The molecule has 6 rings (SSSR count). The normalized spacial score (nSPS) is 17.7. The van der Waals surface area contributed by atoms with Gasteiger partial charge in [0.2, 0.25) is 0 Å². The topological polar surface area (TPSA) is 15.8 Å². The number of aromatic nitrogens is 1. The molecule has 2 aliphatic rings. The first-order chi connectivity index (χ1) is 14.8. The van der Waals surface area contributed by atoms with E-state index in [9.17, 15) is 0 Å². The molecule has 1 heterocycles. The number of nitrogens with one attached hydrogen (secondary N) is 1. The number of hydrogen-bond donors (Lipinski definition) is 1. The molecule has 3 aromatic carbocycles. The highest BCUT2D eigenvalue weighted by Crippen LogP contribution is 2.52. The third-order valence-electron chi connectivity index (χ3n) is 7.77. The molecule has 0 amide bonds. The predicted molar refractivity (Wildman–Crippen MR) is 134 cm³/mol. The zero-order valence-electron chi connectivity index (χ0n) is 18.7. The monoisotopic (exact) mass is 401 g/mol. The van der Waals surface area contributed by atoms with Crippen molar-refractivity contribution >= 4 is 27.4 Å². The quantitative estimate of drug-likeness (QED) is 0.350. The molecule has 0 bridgehead atoms. The highest BCUT2D eigenvalue weighted by Gasteiger charge is 2.37. The van der Waals surface area contributed by atoms with Crippen molar-refractivity contribution in [3.63, 3.8) is 0 Å². The van der Waals surface area contributed by atoms with E-state index >= 15 is 0 Å². The number of rotatable bonds is 2. The van der Waals surface area contributed by atoms with Crippen molar-refractivity contribution in [3.05, 3.63) is 102 Å². The van der Waals surface area contributed by atoms with Gasteiger partial charge in [-0.1, -0.05) is 77.3 Å². The SMILES string of the molecule is C=CC1=C(C=C)C(C)(C)c2cc3[nH]c4cc5c(cc4c3cc21)-c1ccccc1C5(C)C. The van der Waals surface area contributed by atoms with Crippen LogP contribution in [0.3, 0.4) is 0 Å². The van der Waals surface area contributed by atoms with Crippen LogP contribution in [0.4, 0.5) is 0 Å². The first-order valence-corrected chi connectivity index (χ1v) is 11.0. The summed E-state index contributed by atoms with van der Waals surface area (Å²) in [5.74, 6) is 0. The van der Waals surface area contributed by atoms with Gasteiger partial charge in [0.1, 0.15) is 0 Å². The van der Waals surface area contributed by atoms with Gasteiger partial charge in [0.25, 0.3) is 0 Å². The Hall–Kier alpha value is -3.32. The Balaban J connectivity index is 1.69. The van der Waals surface area contributed by atoms with Crippen molar-refractivity contribution in [1.82, 2.24) is 4.98 Å². The zero-order chi connectivity index (χ0) is 21.7. The van der Waals surface area contributed by atoms with Gasteiger partial charge in [-0.05, 0) is 68.8 Å². The first kappa shape index (κ1) is 18.4. The van der Waals surface area contributed by atoms with E-state index < -0.39 is 0 Å². The summed E-state index contributed by atoms with van der Waals surface area (Å²) in [6.45, 7) is 17.4. The second-order valence-electron chi connectivity index (χ2n) is 10.0. The predicted octanol–water partition coefficient (Wildman–Crippen LogP) is 8.04. The lowest BCUT2D eigenvalue weighted by molar-refractivity contribution is 0.655. The van der Waals surface area contributed by atoms with Gasteiger partial charge >= 0.3 is 0 Å². The number of hydrogen-bond acceptors (Lipinski definition) is 0. The maximum atomic E-state index is 4.11. The Morgan fingerprint density at radius 2 is 1.29 bits per heavy atom. The fourth-order valence-corrected chi connectivity index (χ4v) is 6.10. The number of aromatic amines is 1. The van der Waals surface area contributed by atoms with E-state index in [1.165, 1.54) is 66.3 Å². The Morgan fingerprint density at radius 3 is 1.94 bits per heavy atom.